The first kappa shape index (κ1) is 14.6. The molecule has 0 spiro atoms. The lowest BCUT2D eigenvalue weighted by molar-refractivity contribution is 0.934. The molecule has 2 aromatic rings. The van der Waals surface area contributed by atoms with E-state index < -0.39 is 0 Å². The molecule has 0 radical (unpaired) electrons. The Kier molecular flexibility index (Phi) is 4.17. The van der Waals surface area contributed by atoms with Gasteiger partial charge >= 0.3 is 0 Å². The summed E-state index contributed by atoms with van der Waals surface area (Å²) in [5.41, 5.74) is 12.7. The topological polar surface area (TPSA) is 65.6 Å². The van der Waals surface area contributed by atoms with Crippen LogP contribution in [0.5, 0.6) is 0 Å². The van der Waals surface area contributed by atoms with Crippen LogP contribution in [-0.4, -0.2) is 11.5 Å². The quantitative estimate of drug-likeness (QED) is 0.905. The first-order valence-corrected chi connectivity index (χ1v) is 6.96. The van der Waals surface area contributed by atoms with Gasteiger partial charge in [-0.2, -0.15) is 5.26 Å². The molecular weight excluding hydrogens is 270 g/mol. The van der Waals surface area contributed by atoms with Gasteiger partial charge in [-0.25, -0.2) is 0 Å². The standard InChI is InChI=1S/C16H18ClN3/c1-9-4-5-12(11(3)10(9)2)15-13(6-7-18)20-14(8-19)16(15)17/h4-5,20H,6-7,18H2,1-3H3. The largest absolute Gasteiger partial charge is 0.348 e. The van der Waals surface area contributed by atoms with Gasteiger partial charge in [0.15, 0.2) is 0 Å². The Labute approximate surface area is 124 Å². The van der Waals surface area contributed by atoms with Crippen LogP contribution in [-0.2, 0) is 6.42 Å². The molecular formula is C16H18ClN3. The highest BCUT2D eigenvalue weighted by Gasteiger charge is 2.19. The number of nitriles is 1. The maximum absolute atomic E-state index is 9.14. The summed E-state index contributed by atoms with van der Waals surface area (Å²) in [5.74, 6) is 0. The van der Waals surface area contributed by atoms with Crippen LogP contribution < -0.4 is 5.73 Å². The lowest BCUT2D eigenvalue weighted by atomic mass is 9.93. The molecule has 0 saturated heterocycles. The van der Waals surface area contributed by atoms with Crippen LogP contribution in [0.1, 0.15) is 28.1 Å². The lowest BCUT2D eigenvalue weighted by Crippen LogP contribution is -2.04. The Bertz CT molecular complexity index is 693. The third kappa shape index (κ3) is 2.33. The number of aromatic nitrogens is 1. The van der Waals surface area contributed by atoms with Crippen molar-refractivity contribution in [3.05, 3.63) is 45.2 Å². The number of halogens is 1. The molecule has 1 heterocycles. The lowest BCUT2D eigenvalue weighted by Gasteiger charge is -2.12. The van der Waals surface area contributed by atoms with Gasteiger partial charge in [-0.15, -0.1) is 0 Å². The molecule has 0 aliphatic carbocycles. The zero-order valence-corrected chi connectivity index (χ0v) is 12.7. The molecule has 2 rings (SSSR count). The first-order valence-electron chi connectivity index (χ1n) is 6.59. The number of aromatic amines is 1. The van der Waals surface area contributed by atoms with Gasteiger partial charge in [0.1, 0.15) is 11.8 Å². The number of aryl methyl sites for hydroxylation is 1. The van der Waals surface area contributed by atoms with E-state index in [4.69, 9.17) is 22.6 Å². The third-order valence-corrected chi connectivity index (χ3v) is 4.23. The number of H-pyrrole nitrogens is 1. The summed E-state index contributed by atoms with van der Waals surface area (Å²) in [7, 11) is 0. The number of nitrogens with zero attached hydrogens (tertiary/aromatic N) is 1. The fraction of sp³-hybridized carbons (Fsp3) is 0.312. The van der Waals surface area contributed by atoms with Gasteiger partial charge in [0.05, 0.1) is 5.02 Å². The van der Waals surface area contributed by atoms with Gasteiger partial charge in [0, 0.05) is 17.7 Å². The van der Waals surface area contributed by atoms with E-state index in [0.29, 0.717) is 23.7 Å². The van der Waals surface area contributed by atoms with E-state index >= 15 is 0 Å². The SMILES string of the molecule is Cc1ccc(-c2c(CCN)[nH]c(C#N)c2Cl)c(C)c1C. The van der Waals surface area contributed by atoms with Crippen molar-refractivity contribution in [2.45, 2.75) is 27.2 Å². The molecule has 0 bridgehead atoms. The minimum atomic E-state index is 0.405. The van der Waals surface area contributed by atoms with Crippen LogP contribution in [0.15, 0.2) is 12.1 Å². The number of rotatable bonds is 3. The number of hydrogen-bond donors (Lipinski definition) is 2. The zero-order chi connectivity index (χ0) is 14.9. The average molecular weight is 288 g/mol. The highest BCUT2D eigenvalue weighted by atomic mass is 35.5. The maximum Gasteiger partial charge on any atom is 0.137 e. The molecule has 3 nitrogen and oxygen atoms in total. The van der Waals surface area contributed by atoms with Crippen molar-refractivity contribution < 1.29 is 0 Å². The fourth-order valence-corrected chi connectivity index (χ4v) is 2.75. The van der Waals surface area contributed by atoms with Crippen LogP contribution in [0.4, 0.5) is 0 Å². The Morgan fingerprint density at radius 3 is 2.55 bits per heavy atom. The van der Waals surface area contributed by atoms with Gasteiger partial charge in [-0.3, -0.25) is 0 Å². The van der Waals surface area contributed by atoms with E-state index in [1.807, 2.05) is 0 Å². The van der Waals surface area contributed by atoms with E-state index in [1.54, 1.807) is 0 Å². The molecule has 0 aliphatic heterocycles. The summed E-state index contributed by atoms with van der Waals surface area (Å²) in [5, 5.41) is 9.63. The predicted octanol–water partition coefficient (Wildman–Crippen LogP) is 3.63. The Balaban J connectivity index is 2.72. The van der Waals surface area contributed by atoms with Crippen molar-refractivity contribution in [2.75, 3.05) is 6.54 Å². The number of nitrogens with two attached hydrogens (primary N) is 1. The summed E-state index contributed by atoms with van der Waals surface area (Å²) in [6, 6.07) is 6.25. The van der Waals surface area contributed by atoms with Crippen molar-refractivity contribution >= 4 is 11.6 Å². The van der Waals surface area contributed by atoms with Crippen molar-refractivity contribution in [1.29, 1.82) is 5.26 Å². The molecule has 0 fully saturated rings. The van der Waals surface area contributed by atoms with Gasteiger partial charge in [0.25, 0.3) is 0 Å². The fourth-order valence-electron chi connectivity index (χ4n) is 2.44. The highest BCUT2D eigenvalue weighted by molar-refractivity contribution is 6.34. The van der Waals surface area contributed by atoms with E-state index in [2.05, 4.69) is 44.0 Å². The van der Waals surface area contributed by atoms with E-state index in [-0.39, 0.29) is 0 Å². The van der Waals surface area contributed by atoms with Crippen LogP contribution in [0, 0.1) is 32.1 Å². The number of benzene rings is 1. The summed E-state index contributed by atoms with van der Waals surface area (Å²) in [4.78, 5) is 3.09. The molecule has 4 heteroatoms. The zero-order valence-electron chi connectivity index (χ0n) is 12.0. The number of hydrogen-bond acceptors (Lipinski definition) is 2. The minimum absolute atomic E-state index is 0.405. The smallest absolute Gasteiger partial charge is 0.137 e. The third-order valence-electron chi connectivity index (χ3n) is 3.85. The van der Waals surface area contributed by atoms with Crippen molar-refractivity contribution in [2.24, 2.45) is 5.73 Å². The molecule has 0 saturated carbocycles. The molecule has 20 heavy (non-hydrogen) atoms. The normalized spacial score (nSPS) is 10.6. The molecule has 0 unspecified atom stereocenters. The average Bonchev–Trinajstić information content (AvgIpc) is 2.74. The van der Waals surface area contributed by atoms with Crippen molar-refractivity contribution in [1.82, 2.24) is 4.98 Å². The van der Waals surface area contributed by atoms with E-state index in [0.717, 1.165) is 16.8 Å². The van der Waals surface area contributed by atoms with E-state index in [1.165, 1.54) is 16.7 Å². The molecule has 1 aromatic heterocycles. The van der Waals surface area contributed by atoms with Gasteiger partial charge in [0.2, 0.25) is 0 Å². The molecule has 104 valence electrons. The van der Waals surface area contributed by atoms with Crippen LogP contribution in [0.25, 0.3) is 11.1 Å². The summed E-state index contributed by atoms with van der Waals surface area (Å²) >= 11 is 6.37. The Morgan fingerprint density at radius 1 is 1.25 bits per heavy atom. The Morgan fingerprint density at radius 2 is 1.95 bits per heavy atom. The molecule has 3 N–H and O–H groups in total. The van der Waals surface area contributed by atoms with Gasteiger partial charge in [-0.1, -0.05) is 23.7 Å². The molecule has 0 aliphatic rings. The van der Waals surface area contributed by atoms with Crippen molar-refractivity contribution in [3.8, 4) is 17.2 Å². The molecule has 0 atom stereocenters. The van der Waals surface area contributed by atoms with Crippen LogP contribution in [0.2, 0.25) is 5.02 Å². The van der Waals surface area contributed by atoms with Gasteiger partial charge in [-0.05, 0) is 49.6 Å². The maximum atomic E-state index is 9.14. The summed E-state index contributed by atoms with van der Waals surface area (Å²) in [6.07, 6.45) is 0.670. The second-order valence-corrected chi connectivity index (χ2v) is 5.38. The van der Waals surface area contributed by atoms with Crippen LogP contribution in [0.3, 0.4) is 0 Å². The second kappa shape index (κ2) is 5.70. The molecule has 1 aromatic carbocycles. The van der Waals surface area contributed by atoms with Gasteiger partial charge < -0.3 is 10.7 Å². The Hall–Kier alpha value is -1.76. The second-order valence-electron chi connectivity index (χ2n) is 5.00. The minimum Gasteiger partial charge on any atom is -0.348 e. The number of nitrogens with one attached hydrogen (secondary N) is 1. The van der Waals surface area contributed by atoms with E-state index in [9.17, 15) is 0 Å². The summed E-state index contributed by atoms with van der Waals surface area (Å²) in [6.45, 7) is 6.78. The van der Waals surface area contributed by atoms with Crippen molar-refractivity contribution in [3.63, 3.8) is 0 Å². The van der Waals surface area contributed by atoms with Crippen LogP contribution >= 0.6 is 11.6 Å². The predicted molar refractivity (Wildman–Crippen MR) is 82.9 cm³/mol. The molecule has 0 amide bonds. The summed E-state index contributed by atoms with van der Waals surface area (Å²) < 4.78 is 0. The first-order chi connectivity index (χ1) is 9.51. The monoisotopic (exact) mass is 287 g/mol. The highest BCUT2D eigenvalue weighted by Crippen LogP contribution is 2.37.